The zero-order valence-corrected chi connectivity index (χ0v) is 12.9. The van der Waals surface area contributed by atoms with Crippen molar-refractivity contribution >= 4 is 12.4 Å². The highest BCUT2D eigenvalue weighted by Gasteiger charge is 2.03. The minimum absolute atomic E-state index is 0.420. The van der Waals surface area contributed by atoms with Gasteiger partial charge in [-0.15, -0.1) is 0 Å². The van der Waals surface area contributed by atoms with E-state index < -0.39 is 0 Å². The lowest BCUT2D eigenvalue weighted by Crippen LogP contribution is -2.00. The normalized spacial score (nSPS) is 15.4. The molecule has 0 saturated carbocycles. The van der Waals surface area contributed by atoms with Gasteiger partial charge >= 0.3 is 0 Å². The molecule has 104 valence electrons. The first-order valence-electron chi connectivity index (χ1n) is 7.36. The molecule has 0 aromatic heterocycles. The van der Waals surface area contributed by atoms with E-state index >= 15 is 0 Å². The Morgan fingerprint density at radius 1 is 1.00 bits per heavy atom. The number of unbranched alkanes of at least 4 members (excludes halogenated alkanes) is 1. The molecule has 0 spiro atoms. The van der Waals surface area contributed by atoms with Gasteiger partial charge < -0.3 is 0 Å². The Kier molecular flexibility index (Phi) is 10.6. The van der Waals surface area contributed by atoms with Crippen LogP contribution in [0.1, 0.15) is 66.2 Å². The van der Waals surface area contributed by atoms with Crippen LogP contribution in [0.5, 0.6) is 0 Å². The Morgan fingerprint density at radius 3 is 2.17 bits per heavy atom. The van der Waals surface area contributed by atoms with Crippen LogP contribution >= 0.6 is 0 Å². The molecule has 0 amide bonds. The summed E-state index contributed by atoms with van der Waals surface area (Å²) in [5.74, 6) is 0. The van der Waals surface area contributed by atoms with Gasteiger partial charge in [-0.25, -0.2) is 0 Å². The first-order valence-corrected chi connectivity index (χ1v) is 7.36. The molecule has 1 unspecified atom stereocenters. The first kappa shape index (κ1) is 17.1. The number of aliphatic imine (C=N–C) groups is 2. The number of hydrogen-bond donors (Lipinski definition) is 0. The maximum absolute atomic E-state index is 4.64. The van der Waals surface area contributed by atoms with Gasteiger partial charge in [-0.05, 0) is 43.8 Å². The Balaban J connectivity index is 5.00. The molecule has 0 rings (SSSR count). The molecule has 1 atom stereocenters. The lowest BCUT2D eigenvalue weighted by atomic mass is 10.0. The fraction of sp³-hybridized carbons (Fsp3) is 0.750. The van der Waals surface area contributed by atoms with E-state index in [9.17, 15) is 0 Å². The molecule has 0 aliphatic rings. The number of hydrogen-bond acceptors (Lipinski definition) is 2. The average Bonchev–Trinajstić information content (AvgIpc) is 2.38. The molecule has 0 aromatic rings. The van der Waals surface area contributed by atoms with Gasteiger partial charge in [-0.1, -0.05) is 33.6 Å². The minimum Gasteiger partial charge on any atom is -0.296 e. The van der Waals surface area contributed by atoms with E-state index in [-0.39, 0.29) is 0 Å². The van der Waals surface area contributed by atoms with E-state index in [1.165, 1.54) is 24.0 Å². The smallest absolute Gasteiger partial charge is 0.0468 e. The highest BCUT2D eigenvalue weighted by Crippen LogP contribution is 2.15. The van der Waals surface area contributed by atoms with Gasteiger partial charge in [-0.2, -0.15) is 0 Å². The third kappa shape index (κ3) is 7.41. The van der Waals surface area contributed by atoms with Crippen molar-refractivity contribution in [3.63, 3.8) is 0 Å². The van der Waals surface area contributed by atoms with E-state index in [1.54, 1.807) is 0 Å². The zero-order valence-electron chi connectivity index (χ0n) is 12.9. The fourth-order valence-corrected chi connectivity index (χ4v) is 1.73. The minimum atomic E-state index is 0.420. The van der Waals surface area contributed by atoms with E-state index in [2.05, 4.69) is 43.9 Å². The highest BCUT2D eigenvalue weighted by molar-refractivity contribution is 5.91. The SMILES string of the molecule is CCCC/C(C=NC(C)CC)=C(/C=NC)CCC. The Hall–Kier alpha value is -0.920. The molecule has 0 fully saturated rings. The van der Waals surface area contributed by atoms with Gasteiger partial charge in [0.1, 0.15) is 0 Å². The number of nitrogens with zero attached hydrogens (tertiary/aromatic N) is 2. The highest BCUT2D eigenvalue weighted by atomic mass is 14.7. The van der Waals surface area contributed by atoms with Gasteiger partial charge in [-0.3, -0.25) is 9.98 Å². The monoisotopic (exact) mass is 250 g/mol. The van der Waals surface area contributed by atoms with Crippen molar-refractivity contribution in [2.45, 2.75) is 72.3 Å². The predicted molar refractivity (Wildman–Crippen MR) is 84.1 cm³/mol. The molecule has 0 aromatic carbocycles. The maximum Gasteiger partial charge on any atom is 0.0468 e. The lowest BCUT2D eigenvalue weighted by Gasteiger charge is -2.09. The largest absolute Gasteiger partial charge is 0.296 e. The van der Waals surface area contributed by atoms with Crippen molar-refractivity contribution in [1.29, 1.82) is 0 Å². The van der Waals surface area contributed by atoms with Crippen molar-refractivity contribution in [2.24, 2.45) is 9.98 Å². The van der Waals surface area contributed by atoms with Crippen LogP contribution in [-0.2, 0) is 0 Å². The van der Waals surface area contributed by atoms with Crippen LogP contribution in [0.15, 0.2) is 21.1 Å². The first-order chi connectivity index (χ1) is 8.69. The molecule has 0 heterocycles. The maximum atomic E-state index is 4.64. The molecule has 0 radical (unpaired) electrons. The van der Waals surface area contributed by atoms with Crippen LogP contribution in [0.4, 0.5) is 0 Å². The second kappa shape index (κ2) is 11.2. The second-order valence-electron chi connectivity index (χ2n) is 4.83. The zero-order chi connectivity index (χ0) is 13.8. The van der Waals surface area contributed by atoms with Gasteiger partial charge in [0.25, 0.3) is 0 Å². The standard InChI is InChI=1S/C16H30N2/c1-6-9-11-16(13-18-14(4)8-3)15(10-7-2)12-17-5/h12-14H,6-11H2,1-5H3/b16-15-,17-12?,18-13?. The average molecular weight is 250 g/mol. The van der Waals surface area contributed by atoms with Crippen LogP contribution in [0.2, 0.25) is 0 Å². The Bertz CT molecular complexity index is 287. The topological polar surface area (TPSA) is 24.7 Å². The van der Waals surface area contributed by atoms with Crippen molar-refractivity contribution in [2.75, 3.05) is 7.05 Å². The molecule has 2 nitrogen and oxygen atoms in total. The third-order valence-electron chi connectivity index (χ3n) is 3.09. The summed E-state index contributed by atoms with van der Waals surface area (Å²) < 4.78 is 0. The lowest BCUT2D eigenvalue weighted by molar-refractivity contribution is 0.718. The summed E-state index contributed by atoms with van der Waals surface area (Å²) >= 11 is 0. The molecular weight excluding hydrogens is 220 g/mol. The summed E-state index contributed by atoms with van der Waals surface area (Å²) in [5, 5.41) is 0. The van der Waals surface area contributed by atoms with Crippen LogP contribution in [0.3, 0.4) is 0 Å². The van der Waals surface area contributed by atoms with Crippen molar-refractivity contribution in [3.05, 3.63) is 11.1 Å². The molecule has 18 heavy (non-hydrogen) atoms. The fourth-order valence-electron chi connectivity index (χ4n) is 1.73. The van der Waals surface area contributed by atoms with Crippen LogP contribution in [0, 0.1) is 0 Å². The summed E-state index contributed by atoms with van der Waals surface area (Å²) in [4.78, 5) is 8.82. The van der Waals surface area contributed by atoms with Gasteiger partial charge in [0.2, 0.25) is 0 Å². The van der Waals surface area contributed by atoms with Gasteiger partial charge in [0.05, 0.1) is 0 Å². The number of rotatable bonds is 9. The molecular formula is C16H30N2. The van der Waals surface area contributed by atoms with E-state index in [0.717, 1.165) is 25.7 Å². The predicted octanol–water partition coefficient (Wildman–Crippen LogP) is 4.84. The molecule has 0 saturated heterocycles. The van der Waals surface area contributed by atoms with Gasteiger partial charge in [0, 0.05) is 25.5 Å². The van der Waals surface area contributed by atoms with E-state index in [1.807, 2.05) is 13.3 Å². The Labute approximate surface area is 113 Å². The van der Waals surface area contributed by atoms with E-state index in [0.29, 0.717) is 6.04 Å². The summed E-state index contributed by atoms with van der Waals surface area (Å²) in [5.41, 5.74) is 2.74. The summed E-state index contributed by atoms with van der Waals surface area (Å²) in [7, 11) is 1.85. The molecule has 0 aliphatic heterocycles. The molecule has 0 bridgehead atoms. The third-order valence-corrected chi connectivity index (χ3v) is 3.09. The van der Waals surface area contributed by atoms with Crippen LogP contribution in [-0.4, -0.2) is 25.5 Å². The quantitative estimate of drug-likeness (QED) is 0.523. The van der Waals surface area contributed by atoms with Crippen LogP contribution in [0.25, 0.3) is 0 Å². The molecule has 0 N–H and O–H groups in total. The summed E-state index contributed by atoms with van der Waals surface area (Å²) in [6.45, 7) is 8.79. The van der Waals surface area contributed by atoms with Crippen LogP contribution < -0.4 is 0 Å². The Morgan fingerprint density at radius 2 is 1.67 bits per heavy atom. The van der Waals surface area contributed by atoms with Crippen molar-refractivity contribution in [3.8, 4) is 0 Å². The summed E-state index contributed by atoms with van der Waals surface area (Å²) in [6.07, 6.45) is 11.0. The van der Waals surface area contributed by atoms with Crippen molar-refractivity contribution < 1.29 is 0 Å². The molecule has 0 aliphatic carbocycles. The second-order valence-corrected chi connectivity index (χ2v) is 4.83. The van der Waals surface area contributed by atoms with E-state index in [4.69, 9.17) is 0 Å². The number of allylic oxidation sites excluding steroid dienone is 2. The summed E-state index contributed by atoms with van der Waals surface area (Å²) in [6, 6.07) is 0.420. The van der Waals surface area contributed by atoms with Gasteiger partial charge in [0.15, 0.2) is 0 Å². The van der Waals surface area contributed by atoms with Crippen molar-refractivity contribution in [1.82, 2.24) is 0 Å². The molecule has 2 heteroatoms.